The summed E-state index contributed by atoms with van der Waals surface area (Å²) < 4.78 is 5.21. The van der Waals surface area contributed by atoms with Gasteiger partial charge in [0, 0.05) is 38.5 Å². The molecule has 1 aliphatic heterocycles. The van der Waals surface area contributed by atoms with Crippen LogP contribution in [-0.4, -0.2) is 48.1 Å². The van der Waals surface area contributed by atoms with Crippen LogP contribution in [0.1, 0.15) is 12.1 Å². The zero-order valence-electron chi connectivity index (χ0n) is 10.6. The number of likely N-dealkylation sites (N-methyl/N-ethyl adjacent to an activating group) is 1. The monoisotopic (exact) mass is 249 g/mol. The summed E-state index contributed by atoms with van der Waals surface area (Å²) in [6.07, 6.45) is 3.09. The van der Waals surface area contributed by atoms with Crippen molar-refractivity contribution in [3.63, 3.8) is 0 Å². The van der Waals surface area contributed by atoms with Gasteiger partial charge < -0.3 is 15.4 Å². The minimum atomic E-state index is -0.834. The van der Waals surface area contributed by atoms with Crippen molar-refractivity contribution in [2.45, 2.75) is 18.4 Å². The normalized spacial score (nSPS) is 23.0. The van der Waals surface area contributed by atoms with Gasteiger partial charge in [-0.3, -0.25) is 9.78 Å². The van der Waals surface area contributed by atoms with Crippen LogP contribution in [0.4, 0.5) is 0 Å². The second-order valence-corrected chi connectivity index (χ2v) is 4.76. The molecule has 2 N–H and O–H groups in total. The average molecular weight is 249 g/mol. The first-order chi connectivity index (χ1) is 8.62. The lowest BCUT2D eigenvalue weighted by Crippen LogP contribution is -2.55. The molecule has 0 spiro atoms. The molecule has 5 heteroatoms. The first-order valence-electron chi connectivity index (χ1n) is 6.14. The molecule has 0 saturated carbocycles. The number of nitrogens with two attached hydrogens (primary N) is 1. The summed E-state index contributed by atoms with van der Waals surface area (Å²) in [5.41, 5.74) is 6.18. The summed E-state index contributed by atoms with van der Waals surface area (Å²) in [6.45, 7) is 1.50. The van der Waals surface area contributed by atoms with Crippen molar-refractivity contribution in [2.24, 2.45) is 5.73 Å². The molecule has 1 aromatic heterocycles. The van der Waals surface area contributed by atoms with Gasteiger partial charge in [-0.2, -0.15) is 0 Å². The van der Waals surface area contributed by atoms with Crippen LogP contribution in [0.25, 0.3) is 0 Å². The highest BCUT2D eigenvalue weighted by molar-refractivity contribution is 5.86. The molecule has 5 nitrogen and oxygen atoms in total. The molecule has 1 aliphatic rings. The summed E-state index contributed by atoms with van der Waals surface area (Å²) >= 11 is 0. The molecule has 0 bridgehead atoms. The van der Waals surface area contributed by atoms with E-state index in [1.54, 1.807) is 18.1 Å². The fraction of sp³-hybridized carbons (Fsp3) is 0.538. The number of amides is 1. The smallest absolute Gasteiger partial charge is 0.244 e. The Bertz CT molecular complexity index is 402. The van der Waals surface area contributed by atoms with Crippen LogP contribution in [0.5, 0.6) is 0 Å². The van der Waals surface area contributed by atoms with E-state index in [9.17, 15) is 4.79 Å². The first-order valence-corrected chi connectivity index (χ1v) is 6.14. The molecule has 1 aromatic rings. The molecule has 1 fully saturated rings. The van der Waals surface area contributed by atoms with Gasteiger partial charge >= 0.3 is 0 Å². The van der Waals surface area contributed by atoms with Gasteiger partial charge in [0.15, 0.2) is 0 Å². The van der Waals surface area contributed by atoms with Crippen molar-refractivity contribution in [1.29, 1.82) is 0 Å². The van der Waals surface area contributed by atoms with Crippen LogP contribution >= 0.6 is 0 Å². The summed E-state index contributed by atoms with van der Waals surface area (Å²) in [7, 11) is 1.78. The van der Waals surface area contributed by atoms with E-state index < -0.39 is 5.54 Å². The number of hydrogen-bond donors (Lipinski definition) is 1. The Morgan fingerprint density at radius 2 is 2.44 bits per heavy atom. The zero-order valence-corrected chi connectivity index (χ0v) is 10.6. The van der Waals surface area contributed by atoms with Crippen molar-refractivity contribution < 1.29 is 9.53 Å². The van der Waals surface area contributed by atoms with Crippen molar-refractivity contribution >= 4 is 5.91 Å². The molecule has 1 amide bonds. The van der Waals surface area contributed by atoms with Gasteiger partial charge in [0.2, 0.25) is 5.91 Å². The Morgan fingerprint density at radius 1 is 1.61 bits per heavy atom. The molecule has 0 aromatic carbocycles. The quantitative estimate of drug-likeness (QED) is 0.827. The fourth-order valence-electron chi connectivity index (χ4n) is 2.06. The number of pyridine rings is 1. The number of rotatable bonds is 4. The van der Waals surface area contributed by atoms with Gasteiger partial charge in [-0.05, 0) is 18.6 Å². The van der Waals surface area contributed by atoms with Crippen molar-refractivity contribution in [1.82, 2.24) is 9.88 Å². The van der Waals surface area contributed by atoms with E-state index in [2.05, 4.69) is 4.98 Å². The maximum absolute atomic E-state index is 12.2. The van der Waals surface area contributed by atoms with Gasteiger partial charge in [-0.1, -0.05) is 6.07 Å². The summed E-state index contributed by atoms with van der Waals surface area (Å²) in [5.74, 6) is -0.0454. The zero-order chi connectivity index (χ0) is 13.0. The van der Waals surface area contributed by atoms with Crippen LogP contribution in [0, 0.1) is 0 Å². The van der Waals surface area contributed by atoms with Crippen LogP contribution < -0.4 is 5.73 Å². The Hall–Kier alpha value is -1.46. The van der Waals surface area contributed by atoms with Crippen LogP contribution in [0.3, 0.4) is 0 Å². The highest BCUT2D eigenvalue weighted by atomic mass is 16.5. The predicted octanol–water partition coefficient (Wildman–Crippen LogP) is 0.200. The molecule has 98 valence electrons. The van der Waals surface area contributed by atoms with E-state index in [-0.39, 0.29) is 5.91 Å². The molecule has 2 rings (SSSR count). The fourth-order valence-corrected chi connectivity index (χ4v) is 2.06. The Kier molecular flexibility index (Phi) is 3.93. The van der Waals surface area contributed by atoms with E-state index in [4.69, 9.17) is 10.5 Å². The van der Waals surface area contributed by atoms with E-state index in [1.807, 2.05) is 18.2 Å². The second kappa shape index (κ2) is 5.46. The Labute approximate surface area is 107 Å². The maximum atomic E-state index is 12.2. The molecule has 0 radical (unpaired) electrons. The first kappa shape index (κ1) is 13.0. The highest BCUT2D eigenvalue weighted by Crippen LogP contribution is 2.18. The predicted molar refractivity (Wildman–Crippen MR) is 67.9 cm³/mol. The van der Waals surface area contributed by atoms with E-state index in [0.717, 1.165) is 12.1 Å². The van der Waals surface area contributed by atoms with Gasteiger partial charge in [-0.25, -0.2) is 0 Å². The van der Waals surface area contributed by atoms with Crippen LogP contribution in [-0.2, 0) is 16.0 Å². The number of nitrogens with zero attached hydrogens (tertiary/aromatic N) is 2. The second-order valence-electron chi connectivity index (χ2n) is 4.76. The number of carbonyl (C=O) groups is 1. The standard InChI is InChI=1S/C13H19N3O2/c1-16(8-5-11-4-2-3-7-15-11)12(17)13(14)6-9-18-10-13/h2-4,7H,5-6,8-10,14H2,1H3. The third-order valence-electron chi connectivity index (χ3n) is 3.25. The lowest BCUT2D eigenvalue weighted by atomic mass is 9.98. The van der Waals surface area contributed by atoms with Gasteiger partial charge in [0.1, 0.15) is 5.54 Å². The maximum Gasteiger partial charge on any atom is 0.244 e. The van der Waals surface area contributed by atoms with E-state index in [0.29, 0.717) is 26.2 Å². The molecular weight excluding hydrogens is 230 g/mol. The van der Waals surface area contributed by atoms with E-state index in [1.165, 1.54) is 0 Å². The Morgan fingerprint density at radius 3 is 3.06 bits per heavy atom. The largest absolute Gasteiger partial charge is 0.379 e. The number of hydrogen-bond acceptors (Lipinski definition) is 4. The average Bonchev–Trinajstić information content (AvgIpc) is 2.84. The number of ether oxygens (including phenoxy) is 1. The van der Waals surface area contributed by atoms with Gasteiger partial charge in [-0.15, -0.1) is 0 Å². The third-order valence-corrected chi connectivity index (χ3v) is 3.25. The molecule has 18 heavy (non-hydrogen) atoms. The summed E-state index contributed by atoms with van der Waals surface area (Å²) in [5, 5.41) is 0. The van der Waals surface area contributed by atoms with Gasteiger partial charge in [0.25, 0.3) is 0 Å². The molecule has 0 aliphatic carbocycles. The third kappa shape index (κ3) is 2.86. The molecule has 2 heterocycles. The lowest BCUT2D eigenvalue weighted by molar-refractivity contribution is -0.135. The molecule has 1 atom stereocenters. The van der Waals surface area contributed by atoms with Crippen molar-refractivity contribution in [3.8, 4) is 0 Å². The number of aromatic nitrogens is 1. The Balaban J connectivity index is 1.88. The minimum absolute atomic E-state index is 0.0454. The molecule has 1 unspecified atom stereocenters. The SMILES string of the molecule is CN(CCc1ccccn1)C(=O)C1(N)CCOC1. The molecule has 1 saturated heterocycles. The number of carbonyl (C=O) groups excluding carboxylic acids is 1. The van der Waals surface area contributed by atoms with Gasteiger partial charge in [0.05, 0.1) is 6.61 Å². The molecular formula is C13H19N3O2. The summed E-state index contributed by atoms with van der Waals surface area (Å²) in [6, 6.07) is 5.78. The minimum Gasteiger partial charge on any atom is -0.379 e. The van der Waals surface area contributed by atoms with Crippen molar-refractivity contribution in [3.05, 3.63) is 30.1 Å². The topological polar surface area (TPSA) is 68.5 Å². The summed E-state index contributed by atoms with van der Waals surface area (Å²) in [4.78, 5) is 18.1. The van der Waals surface area contributed by atoms with E-state index >= 15 is 0 Å². The van der Waals surface area contributed by atoms with Crippen LogP contribution in [0.2, 0.25) is 0 Å². The lowest BCUT2D eigenvalue weighted by Gasteiger charge is -2.27. The highest BCUT2D eigenvalue weighted by Gasteiger charge is 2.39. The van der Waals surface area contributed by atoms with Crippen molar-refractivity contribution in [2.75, 3.05) is 26.8 Å². The van der Waals surface area contributed by atoms with Crippen LogP contribution in [0.15, 0.2) is 24.4 Å².